The third-order valence-corrected chi connectivity index (χ3v) is 6.09. The first-order valence-electron chi connectivity index (χ1n) is 10.1. The smallest absolute Gasteiger partial charge is 0.488 e. The van der Waals surface area contributed by atoms with E-state index in [1.165, 1.54) is 24.4 Å². The zero-order chi connectivity index (χ0) is 23.6. The molecule has 3 aromatic rings. The van der Waals surface area contributed by atoms with Crippen LogP contribution in [0.15, 0.2) is 71.9 Å². The minimum atomic E-state index is -4.69. The molecule has 0 unspecified atom stereocenters. The number of likely N-dealkylation sites (tertiary alicyclic amines) is 1. The second-order valence-corrected chi connectivity index (χ2v) is 9.77. The second-order valence-electron chi connectivity index (χ2n) is 7.81. The topological polar surface area (TPSA) is 68.7 Å². The number of benzene rings is 2. The molecule has 0 amide bonds. The average molecular weight is 478 g/mol. The summed E-state index contributed by atoms with van der Waals surface area (Å²) in [4.78, 5) is 6.13. The van der Waals surface area contributed by atoms with Crippen LogP contribution in [0, 0.1) is 0 Å². The summed E-state index contributed by atoms with van der Waals surface area (Å²) in [6.45, 7) is 2.03. The fraction of sp³-hybridized carbons (Fsp3) is 0.261. The summed E-state index contributed by atoms with van der Waals surface area (Å²) in [5.41, 5.74) is 2.58. The van der Waals surface area contributed by atoms with Crippen molar-refractivity contribution in [2.24, 2.45) is 0 Å². The number of halogens is 3. The Balaban J connectivity index is 1.26. The molecule has 33 heavy (non-hydrogen) atoms. The number of sulfone groups is 1. The van der Waals surface area contributed by atoms with Crippen LogP contribution in [0.4, 0.5) is 13.2 Å². The molecular formula is C23H21F3N2O4S. The average Bonchev–Trinajstić information content (AvgIpc) is 2.72. The van der Waals surface area contributed by atoms with E-state index < -0.39 is 16.2 Å². The maximum Gasteiger partial charge on any atom is 0.573 e. The Hall–Kier alpha value is -3.11. The van der Waals surface area contributed by atoms with Gasteiger partial charge < -0.3 is 9.47 Å². The molecule has 1 fully saturated rings. The van der Waals surface area contributed by atoms with Gasteiger partial charge in [0.15, 0.2) is 14.9 Å². The van der Waals surface area contributed by atoms with Crippen molar-refractivity contribution in [3.8, 4) is 22.6 Å². The molecule has 2 aromatic carbocycles. The predicted molar refractivity (Wildman–Crippen MR) is 116 cm³/mol. The molecular weight excluding hydrogens is 457 g/mol. The SMILES string of the molecule is CS(=O)(=O)c1ccc(-c2ccc(OC3CN(Cc4ccc(OC(F)(F)F)cc4)C3)cc2)cn1. The number of aromatic nitrogens is 1. The van der Waals surface area contributed by atoms with Gasteiger partial charge in [0.1, 0.15) is 17.6 Å². The zero-order valence-electron chi connectivity index (χ0n) is 17.6. The van der Waals surface area contributed by atoms with E-state index in [0.29, 0.717) is 19.6 Å². The molecule has 10 heteroatoms. The van der Waals surface area contributed by atoms with Crippen LogP contribution >= 0.6 is 0 Å². The Kier molecular flexibility index (Phi) is 6.31. The van der Waals surface area contributed by atoms with Crippen molar-refractivity contribution in [3.63, 3.8) is 0 Å². The Bertz CT molecular complexity index is 1190. The molecule has 0 radical (unpaired) electrons. The van der Waals surface area contributed by atoms with Crippen LogP contribution in [-0.4, -0.2) is 50.1 Å². The third-order valence-electron chi connectivity index (χ3n) is 5.09. The first kappa shape index (κ1) is 23.1. The first-order valence-corrected chi connectivity index (χ1v) is 11.9. The summed E-state index contributed by atoms with van der Waals surface area (Å²) >= 11 is 0. The summed E-state index contributed by atoms with van der Waals surface area (Å²) in [5, 5.41) is 0.0336. The lowest BCUT2D eigenvalue weighted by molar-refractivity contribution is -0.274. The molecule has 4 rings (SSSR count). The standard InChI is InChI=1S/C23H21F3N2O4S/c1-33(29,30)22-11-6-18(12-27-22)17-4-9-19(10-5-17)31-21-14-28(15-21)13-16-2-7-20(8-3-16)32-23(24,25)26/h2-12,21H,13-15H2,1H3. The van der Waals surface area contributed by atoms with Crippen molar-refractivity contribution in [2.45, 2.75) is 24.0 Å². The molecule has 0 aliphatic carbocycles. The van der Waals surface area contributed by atoms with Crippen LogP contribution in [0.1, 0.15) is 5.56 Å². The van der Waals surface area contributed by atoms with Crippen LogP contribution < -0.4 is 9.47 Å². The fourth-order valence-corrected chi connectivity index (χ4v) is 4.03. The van der Waals surface area contributed by atoms with Gasteiger partial charge in [-0.2, -0.15) is 0 Å². The Morgan fingerprint density at radius 3 is 2.09 bits per heavy atom. The monoisotopic (exact) mass is 478 g/mol. The highest BCUT2D eigenvalue weighted by Gasteiger charge is 2.31. The lowest BCUT2D eigenvalue weighted by atomic mass is 10.1. The summed E-state index contributed by atoms with van der Waals surface area (Å²) in [7, 11) is -3.33. The van der Waals surface area contributed by atoms with E-state index in [1.54, 1.807) is 18.2 Å². The van der Waals surface area contributed by atoms with Gasteiger partial charge in [-0.25, -0.2) is 13.4 Å². The van der Waals surface area contributed by atoms with Gasteiger partial charge in [0.2, 0.25) is 0 Å². The third kappa shape index (κ3) is 6.23. The van der Waals surface area contributed by atoms with E-state index in [-0.39, 0.29) is 16.9 Å². The van der Waals surface area contributed by atoms with E-state index >= 15 is 0 Å². The van der Waals surface area contributed by atoms with E-state index in [2.05, 4.69) is 14.6 Å². The molecule has 2 heterocycles. The normalized spacial score (nSPS) is 15.2. The van der Waals surface area contributed by atoms with Crippen molar-refractivity contribution < 1.29 is 31.1 Å². The van der Waals surface area contributed by atoms with Crippen LogP contribution in [-0.2, 0) is 16.4 Å². The number of rotatable bonds is 7. The van der Waals surface area contributed by atoms with Gasteiger partial charge in [0.05, 0.1) is 0 Å². The lowest BCUT2D eigenvalue weighted by Crippen LogP contribution is -2.53. The quantitative estimate of drug-likeness (QED) is 0.504. The molecule has 6 nitrogen and oxygen atoms in total. The van der Waals surface area contributed by atoms with E-state index in [9.17, 15) is 21.6 Å². The Morgan fingerprint density at radius 2 is 1.55 bits per heavy atom. The van der Waals surface area contributed by atoms with Gasteiger partial charge in [0, 0.05) is 37.7 Å². The zero-order valence-corrected chi connectivity index (χ0v) is 18.4. The number of nitrogens with zero attached hydrogens (tertiary/aromatic N) is 2. The molecule has 1 aliphatic heterocycles. The highest BCUT2D eigenvalue weighted by Crippen LogP contribution is 2.26. The minimum absolute atomic E-state index is 0.0272. The summed E-state index contributed by atoms with van der Waals surface area (Å²) < 4.78 is 69.6. The van der Waals surface area contributed by atoms with Crippen LogP contribution in [0.5, 0.6) is 11.5 Å². The van der Waals surface area contributed by atoms with Gasteiger partial charge in [-0.15, -0.1) is 13.2 Å². The maximum absolute atomic E-state index is 12.2. The molecule has 0 saturated carbocycles. The van der Waals surface area contributed by atoms with Crippen molar-refractivity contribution in [2.75, 3.05) is 19.3 Å². The molecule has 1 saturated heterocycles. The van der Waals surface area contributed by atoms with E-state index in [4.69, 9.17) is 4.74 Å². The van der Waals surface area contributed by atoms with E-state index in [1.807, 2.05) is 24.3 Å². The summed E-state index contributed by atoms with van der Waals surface area (Å²) in [6.07, 6.45) is -2.02. The Labute approximate surface area is 189 Å². The van der Waals surface area contributed by atoms with Crippen LogP contribution in [0.2, 0.25) is 0 Å². The fourth-order valence-electron chi connectivity index (χ4n) is 3.47. The number of pyridine rings is 1. The van der Waals surface area contributed by atoms with Crippen molar-refractivity contribution in [3.05, 3.63) is 72.4 Å². The molecule has 0 atom stereocenters. The van der Waals surface area contributed by atoms with Crippen LogP contribution in [0.3, 0.4) is 0 Å². The molecule has 0 N–H and O–H groups in total. The minimum Gasteiger partial charge on any atom is -0.488 e. The number of hydrogen-bond acceptors (Lipinski definition) is 6. The molecule has 1 aromatic heterocycles. The van der Waals surface area contributed by atoms with Gasteiger partial charge in [0.25, 0.3) is 0 Å². The van der Waals surface area contributed by atoms with Crippen molar-refractivity contribution >= 4 is 9.84 Å². The predicted octanol–water partition coefficient (Wildman–Crippen LogP) is 4.31. The molecule has 0 bridgehead atoms. The van der Waals surface area contributed by atoms with Gasteiger partial charge >= 0.3 is 6.36 Å². The van der Waals surface area contributed by atoms with Gasteiger partial charge in [-0.3, -0.25) is 4.90 Å². The second kappa shape index (κ2) is 9.03. The molecule has 0 spiro atoms. The van der Waals surface area contributed by atoms with Crippen molar-refractivity contribution in [1.82, 2.24) is 9.88 Å². The first-order chi connectivity index (χ1) is 15.5. The summed E-state index contributed by atoms with van der Waals surface area (Å²) in [5.74, 6) is 0.486. The largest absolute Gasteiger partial charge is 0.573 e. The van der Waals surface area contributed by atoms with Gasteiger partial charge in [-0.1, -0.05) is 24.3 Å². The molecule has 174 valence electrons. The number of hydrogen-bond donors (Lipinski definition) is 0. The summed E-state index contributed by atoms with van der Waals surface area (Å²) in [6, 6.07) is 16.5. The van der Waals surface area contributed by atoms with E-state index in [0.717, 1.165) is 28.7 Å². The van der Waals surface area contributed by atoms with Crippen LogP contribution in [0.25, 0.3) is 11.1 Å². The lowest BCUT2D eigenvalue weighted by Gasteiger charge is -2.39. The molecule has 1 aliphatic rings. The van der Waals surface area contributed by atoms with Gasteiger partial charge in [-0.05, 0) is 47.5 Å². The number of alkyl halides is 3. The highest BCUT2D eigenvalue weighted by atomic mass is 32.2. The maximum atomic E-state index is 12.2. The van der Waals surface area contributed by atoms with Crippen molar-refractivity contribution in [1.29, 1.82) is 0 Å². The highest BCUT2D eigenvalue weighted by molar-refractivity contribution is 7.90. The number of ether oxygens (including phenoxy) is 2. The Morgan fingerprint density at radius 1 is 0.939 bits per heavy atom.